The fraction of sp³-hybridized carbons (Fsp3) is 0.750. The first-order valence-corrected chi connectivity index (χ1v) is 5.91. The molecule has 1 aliphatic carbocycles. The summed E-state index contributed by atoms with van der Waals surface area (Å²) in [4.78, 5) is 13.8. The molecule has 0 spiro atoms. The van der Waals surface area contributed by atoms with E-state index < -0.39 is 0 Å². The van der Waals surface area contributed by atoms with Gasteiger partial charge in [0.25, 0.3) is 0 Å². The average molecular weight is 209 g/mol. The van der Waals surface area contributed by atoms with Gasteiger partial charge >= 0.3 is 6.09 Å². The summed E-state index contributed by atoms with van der Waals surface area (Å²) in [5.74, 6) is 0.546. The van der Waals surface area contributed by atoms with Gasteiger partial charge in [0.2, 0.25) is 0 Å². The Labute approximate surface area is 91.1 Å². The average Bonchev–Trinajstić information content (AvgIpc) is 2.29. The van der Waals surface area contributed by atoms with E-state index in [-0.39, 0.29) is 12.1 Å². The summed E-state index contributed by atoms with van der Waals surface area (Å²) in [6.07, 6.45) is 7.63. The number of carbonyl (C=O) groups is 1. The zero-order valence-electron chi connectivity index (χ0n) is 9.48. The van der Waals surface area contributed by atoms with E-state index in [9.17, 15) is 4.79 Å². The van der Waals surface area contributed by atoms with Crippen LogP contribution >= 0.6 is 0 Å². The lowest BCUT2D eigenvalue weighted by Crippen LogP contribution is -2.55. The largest absolute Gasteiger partial charge is 0.450 e. The predicted octanol–water partition coefficient (Wildman–Crippen LogP) is 2.57. The molecule has 0 saturated carbocycles. The van der Waals surface area contributed by atoms with Gasteiger partial charge in [-0.15, -0.1) is 0 Å². The monoisotopic (exact) mass is 209 g/mol. The van der Waals surface area contributed by atoms with Crippen LogP contribution in [0.3, 0.4) is 0 Å². The van der Waals surface area contributed by atoms with E-state index in [1.807, 2.05) is 11.8 Å². The third-order valence-electron chi connectivity index (χ3n) is 3.48. The van der Waals surface area contributed by atoms with E-state index >= 15 is 0 Å². The van der Waals surface area contributed by atoms with Crippen molar-refractivity contribution >= 4 is 6.09 Å². The van der Waals surface area contributed by atoms with Crippen LogP contribution in [0.2, 0.25) is 0 Å². The van der Waals surface area contributed by atoms with Gasteiger partial charge in [-0.05, 0) is 32.1 Å². The Balaban J connectivity index is 2.15. The zero-order chi connectivity index (χ0) is 10.8. The van der Waals surface area contributed by atoms with E-state index in [0.29, 0.717) is 18.6 Å². The maximum Gasteiger partial charge on any atom is 0.410 e. The topological polar surface area (TPSA) is 29.5 Å². The van der Waals surface area contributed by atoms with Crippen molar-refractivity contribution in [3.05, 3.63) is 12.2 Å². The number of hydrogen-bond donors (Lipinski definition) is 0. The molecule has 1 fully saturated rings. The normalized spacial score (nSPS) is 33.2. The van der Waals surface area contributed by atoms with Crippen LogP contribution in [0.25, 0.3) is 0 Å². The van der Waals surface area contributed by atoms with Gasteiger partial charge in [0.15, 0.2) is 0 Å². The lowest BCUT2D eigenvalue weighted by molar-refractivity contribution is 0.0380. The molecule has 0 aromatic carbocycles. The number of ether oxygens (including phenoxy) is 1. The Morgan fingerprint density at radius 2 is 2.20 bits per heavy atom. The van der Waals surface area contributed by atoms with Gasteiger partial charge in [-0.25, -0.2) is 4.79 Å². The molecule has 0 N–H and O–H groups in total. The number of amides is 1. The zero-order valence-corrected chi connectivity index (χ0v) is 9.48. The van der Waals surface area contributed by atoms with Crippen LogP contribution < -0.4 is 0 Å². The van der Waals surface area contributed by atoms with Crippen LogP contribution in [0.5, 0.6) is 0 Å². The van der Waals surface area contributed by atoms with Crippen LogP contribution in [0.1, 0.15) is 33.1 Å². The second kappa shape index (κ2) is 4.25. The first-order chi connectivity index (χ1) is 7.27. The molecule has 1 amide bonds. The van der Waals surface area contributed by atoms with E-state index in [4.69, 9.17) is 4.74 Å². The maximum atomic E-state index is 11.8. The van der Waals surface area contributed by atoms with Gasteiger partial charge in [0, 0.05) is 6.04 Å². The summed E-state index contributed by atoms with van der Waals surface area (Å²) in [7, 11) is 0. The third kappa shape index (κ3) is 1.75. The van der Waals surface area contributed by atoms with Crippen LogP contribution in [0, 0.1) is 5.92 Å². The van der Waals surface area contributed by atoms with Crippen molar-refractivity contribution in [2.24, 2.45) is 5.92 Å². The number of fused-ring (bicyclic) bond motifs is 2. The highest BCUT2D eigenvalue weighted by molar-refractivity contribution is 5.69. The minimum absolute atomic E-state index is 0.136. The molecule has 3 nitrogen and oxygen atoms in total. The number of rotatable bonds is 2. The third-order valence-corrected chi connectivity index (χ3v) is 3.48. The molecule has 1 saturated heterocycles. The quantitative estimate of drug-likeness (QED) is 0.654. The van der Waals surface area contributed by atoms with Crippen molar-refractivity contribution in [2.75, 3.05) is 6.61 Å². The van der Waals surface area contributed by atoms with E-state index in [0.717, 1.165) is 12.8 Å². The molecule has 2 bridgehead atoms. The van der Waals surface area contributed by atoms with Crippen molar-refractivity contribution in [3.8, 4) is 0 Å². The second-order valence-corrected chi connectivity index (χ2v) is 4.28. The molecule has 0 radical (unpaired) electrons. The molecule has 0 aromatic heterocycles. The SMILES string of the molecule is CCOC(=O)N1[C@H]2C=C[C@H](CC2)[C@@H]1CC. The first-order valence-electron chi connectivity index (χ1n) is 5.91. The van der Waals surface area contributed by atoms with Crippen LogP contribution in [0.4, 0.5) is 4.79 Å². The van der Waals surface area contributed by atoms with Crippen molar-refractivity contribution in [2.45, 2.75) is 45.2 Å². The fourth-order valence-corrected chi connectivity index (χ4v) is 2.80. The molecule has 3 rings (SSSR count). The summed E-state index contributed by atoms with van der Waals surface area (Å²) in [6.45, 7) is 4.47. The van der Waals surface area contributed by atoms with Crippen molar-refractivity contribution < 1.29 is 9.53 Å². The molecule has 3 aliphatic rings. The predicted molar refractivity (Wildman–Crippen MR) is 58.6 cm³/mol. The Hall–Kier alpha value is -0.990. The number of nitrogens with zero attached hydrogens (tertiary/aromatic N) is 1. The Kier molecular flexibility index (Phi) is 2.98. The molecular formula is C12H19NO2. The summed E-state index contributed by atoms with van der Waals surface area (Å²) in [6, 6.07) is 0.631. The first kappa shape index (κ1) is 10.5. The highest BCUT2D eigenvalue weighted by atomic mass is 16.6. The molecule has 3 atom stereocenters. The summed E-state index contributed by atoms with van der Waals surface area (Å²) < 4.78 is 5.12. The van der Waals surface area contributed by atoms with Crippen molar-refractivity contribution in [3.63, 3.8) is 0 Å². The van der Waals surface area contributed by atoms with E-state index in [1.54, 1.807) is 0 Å². The minimum atomic E-state index is -0.136. The number of carbonyl (C=O) groups excluding carboxylic acids is 1. The Bertz CT molecular complexity index is 275. The highest BCUT2D eigenvalue weighted by Crippen LogP contribution is 2.36. The van der Waals surface area contributed by atoms with Gasteiger partial charge in [0.05, 0.1) is 12.6 Å². The van der Waals surface area contributed by atoms with Crippen molar-refractivity contribution in [1.82, 2.24) is 4.90 Å². The van der Waals surface area contributed by atoms with Crippen LogP contribution in [-0.2, 0) is 4.74 Å². The summed E-state index contributed by atoms with van der Waals surface area (Å²) >= 11 is 0. The van der Waals surface area contributed by atoms with Gasteiger partial charge in [0.1, 0.15) is 0 Å². The molecule has 2 heterocycles. The number of piperidine rings is 1. The molecule has 84 valence electrons. The van der Waals surface area contributed by atoms with E-state index in [1.165, 1.54) is 6.42 Å². The van der Waals surface area contributed by atoms with Gasteiger partial charge in [-0.2, -0.15) is 0 Å². The maximum absolute atomic E-state index is 11.8. The number of hydrogen-bond acceptors (Lipinski definition) is 2. The van der Waals surface area contributed by atoms with Gasteiger partial charge < -0.3 is 4.74 Å². The van der Waals surface area contributed by atoms with E-state index in [2.05, 4.69) is 19.1 Å². The Morgan fingerprint density at radius 1 is 1.40 bits per heavy atom. The fourth-order valence-electron chi connectivity index (χ4n) is 2.80. The highest BCUT2D eigenvalue weighted by Gasteiger charge is 2.40. The lowest BCUT2D eigenvalue weighted by atomic mass is 9.79. The smallest absolute Gasteiger partial charge is 0.410 e. The Morgan fingerprint density at radius 3 is 2.73 bits per heavy atom. The molecule has 3 heteroatoms. The van der Waals surface area contributed by atoms with Crippen LogP contribution in [0.15, 0.2) is 12.2 Å². The van der Waals surface area contributed by atoms with Gasteiger partial charge in [-0.1, -0.05) is 19.1 Å². The van der Waals surface area contributed by atoms with Gasteiger partial charge in [-0.3, -0.25) is 4.90 Å². The summed E-state index contributed by atoms with van der Waals surface area (Å²) in [5.41, 5.74) is 0. The summed E-state index contributed by atoms with van der Waals surface area (Å²) in [5, 5.41) is 0. The molecule has 0 aromatic rings. The molecule has 0 unspecified atom stereocenters. The second-order valence-electron chi connectivity index (χ2n) is 4.28. The standard InChI is InChI=1S/C12H19NO2/c1-3-11-9-5-7-10(8-6-9)13(11)12(14)15-4-2/h5,7,9-11H,3-4,6,8H2,1-2H3/t9-,10+,11+/m1/s1. The minimum Gasteiger partial charge on any atom is -0.450 e. The molecule has 2 aliphatic heterocycles. The lowest BCUT2D eigenvalue weighted by Gasteiger charge is -2.47. The van der Waals surface area contributed by atoms with Crippen LogP contribution in [-0.4, -0.2) is 29.7 Å². The van der Waals surface area contributed by atoms with Crippen molar-refractivity contribution in [1.29, 1.82) is 0 Å². The molecular weight excluding hydrogens is 190 g/mol. The molecule has 15 heavy (non-hydrogen) atoms.